The van der Waals surface area contributed by atoms with Gasteiger partial charge in [-0.15, -0.1) is 0 Å². The van der Waals surface area contributed by atoms with Gasteiger partial charge in [0.05, 0.1) is 0 Å². The van der Waals surface area contributed by atoms with Crippen LogP contribution in [0.4, 0.5) is 0 Å². The summed E-state index contributed by atoms with van der Waals surface area (Å²) in [5, 5.41) is 3.06. The molecule has 0 bridgehead atoms. The number of piperazine rings is 1. The predicted octanol–water partition coefficient (Wildman–Crippen LogP) is 2.53. The van der Waals surface area contributed by atoms with Gasteiger partial charge in [-0.25, -0.2) is 0 Å². The normalized spacial score (nSPS) is 21.1. The molecular formula is C19H31N3O. The Morgan fingerprint density at radius 1 is 1.30 bits per heavy atom. The van der Waals surface area contributed by atoms with Crippen molar-refractivity contribution in [1.82, 2.24) is 15.1 Å². The van der Waals surface area contributed by atoms with Crippen LogP contribution in [0.5, 0.6) is 0 Å². The molecule has 4 nitrogen and oxygen atoms in total. The molecule has 2 unspecified atom stereocenters. The molecule has 128 valence electrons. The Balaban J connectivity index is 1.84. The molecule has 0 saturated carbocycles. The molecule has 1 aromatic carbocycles. The minimum Gasteiger partial charge on any atom is -0.356 e. The van der Waals surface area contributed by atoms with Gasteiger partial charge in [0.2, 0.25) is 5.91 Å². The minimum atomic E-state index is 0.121. The van der Waals surface area contributed by atoms with E-state index in [1.165, 1.54) is 5.56 Å². The Morgan fingerprint density at radius 2 is 2.04 bits per heavy atom. The SMILES string of the molecule is CCC(C)C(=O)NCCCN1CCN(C)CC1c1ccccc1. The molecule has 1 aliphatic rings. The standard InChI is InChI=1S/C19H31N3O/c1-4-16(2)19(23)20-11-8-12-22-14-13-21(3)15-18(22)17-9-6-5-7-10-17/h5-7,9-10,16,18H,4,8,11-15H2,1-3H3,(H,20,23). The zero-order chi connectivity index (χ0) is 16.7. The molecule has 0 spiro atoms. The van der Waals surface area contributed by atoms with Crippen molar-refractivity contribution in [3.63, 3.8) is 0 Å². The number of hydrogen-bond acceptors (Lipinski definition) is 3. The molecular weight excluding hydrogens is 286 g/mol. The molecule has 1 saturated heterocycles. The fourth-order valence-electron chi connectivity index (χ4n) is 3.07. The smallest absolute Gasteiger partial charge is 0.222 e. The first-order valence-corrected chi connectivity index (χ1v) is 8.87. The summed E-state index contributed by atoms with van der Waals surface area (Å²) in [6, 6.07) is 11.2. The number of nitrogens with one attached hydrogen (secondary N) is 1. The van der Waals surface area contributed by atoms with Crippen LogP contribution in [0.15, 0.2) is 30.3 Å². The highest BCUT2D eigenvalue weighted by Crippen LogP contribution is 2.24. The minimum absolute atomic E-state index is 0.121. The van der Waals surface area contributed by atoms with Crippen molar-refractivity contribution >= 4 is 5.91 Å². The average molecular weight is 317 g/mol. The zero-order valence-corrected chi connectivity index (χ0v) is 14.8. The maximum Gasteiger partial charge on any atom is 0.222 e. The number of carbonyl (C=O) groups excluding carboxylic acids is 1. The van der Waals surface area contributed by atoms with Crippen molar-refractivity contribution in [2.75, 3.05) is 39.8 Å². The molecule has 0 aliphatic carbocycles. The van der Waals surface area contributed by atoms with Crippen LogP contribution in [0.1, 0.15) is 38.3 Å². The van der Waals surface area contributed by atoms with Crippen molar-refractivity contribution in [3.8, 4) is 0 Å². The monoisotopic (exact) mass is 317 g/mol. The van der Waals surface area contributed by atoms with E-state index in [-0.39, 0.29) is 11.8 Å². The van der Waals surface area contributed by atoms with Gasteiger partial charge in [0.15, 0.2) is 0 Å². The van der Waals surface area contributed by atoms with Crippen LogP contribution in [0, 0.1) is 5.92 Å². The zero-order valence-electron chi connectivity index (χ0n) is 14.8. The molecule has 1 heterocycles. The van der Waals surface area contributed by atoms with E-state index in [2.05, 4.69) is 59.4 Å². The molecule has 1 amide bonds. The maximum atomic E-state index is 11.8. The van der Waals surface area contributed by atoms with Crippen molar-refractivity contribution < 1.29 is 4.79 Å². The fourth-order valence-corrected chi connectivity index (χ4v) is 3.07. The van der Waals surface area contributed by atoms with Crippen LogP contribution in [0.3, 0.4) is 0 Å². The second kappa shape index (κ2) is 9.04. The van der Waals surface area contributed by atoms with Gasteiger partial charge in [0, 0.05) is 44.7 Å². The van der Waals surface area contributed by atoms with Gasteiger partial charge in [-0.3, -0.25) is 9.69 Å². The summed E-state index contributed by atoms with van der Waals surface area (Å²) in [4.78, 5) is 16.8. The van der Waals surface area contributed by atoms with E-state index >= 15 is 0 Å². The van der Waals surface area contributed by atoms with E-state index < -0.39 is 0 Å². The first kappa shape index (κ1) is 18.0. The number of rotatable bonds is 7. The number of hydrogen-bond donors (Lipinski definition) is 1. The van der Waals surface area contributed by atoms with E-state index in [0.29, 0.717) is 6.04 Å². The number of nitrogens with zero attached hydrogens (tertiary/aromatic N) is 2. The second-order valence-corrected chi connectivity index (χ2v) is 6.68. The highest BCUT2D eigenvalue weighted by molar-refractivity contribution is 5.78. The Kier molecular flexibility index (Phi) is 7.06. The maximum absolute atomic E-state index is 11.8. The van der Waals surface area contributed by atoms with Crippen molar-refractivity contribution in [3.05, 3.63) is 35.9 Å². The van der Waals surface area contributed by atoms with Crippen molar-refractivity contribution in [2.45, 2.75) is 32.7 Å². The van der Waals surface area contributed by atoms with Gasteiger partial charge in [-0.05, 0) is 25.5 Å². The van der Waals surface area contributed by atoms with Gasteiger partial charge in [-0.2, -0.15) is 0 Å². The highest BCUT2D eigenvalue weighted by Gasteiger charge is 2.25. The summed E-state index contributed by atoms with van der Waals surface area (Å²) in [6.45, 7) is 9.13. The van der Waals surface area contributed by atoms with Crippen LogP contribution in [-0.4, -0.2) is 55.5 Å². The average Bonchev–Trinajstić information content (AvgIpc) is 2.59. The van der Waals surface area contributed by atoms with E-state index in [1.54, 1.807) is 0 Å². The molecule has 4 heteroatoms. The van der Waals surface area contributed by atoms with Crippen molar-refractivity contribution in [1.29, 1.82) is 0 Å². The third-order valence-corrected chi connectivity index (χ3v) is 4.86. The van der Waals surface area contributed by atoms with E-state index in [0.717, 1.165) is 45.6 Å². The van der Waals surface area contributed by atoms with Gasteiger partial charge in [0.25, 0.3) is 0 Å². The lowest BCUT2D eigenvalue weighted by Gasteiger charge is -2.40. The number of carbonyl (C=O) groups is 1. The van der Waals surface area contributed by atoms with Gasteiger partial charge in [-0.1, -0.05) is 44.2 Å². The topological polar surface area (TPSA) is 35.6 Å². The first-order valence-electron chi connectivity index (χ1n) is 8.87. The summed E-state index contributed by atoms with van der Waals surface area (Å²) in [5.74, 6) is 0.307. The molecule has 1 aromatic rings. The Labute approximate surface area is 140 Å². The molecule has 0 aromatic heterocycles. The van der Waals surface area contributed by atoms with Crippen LogP contribution >= 0.6 is 0 Å². The lowest BCUT2D eigenvalue weighted by atomic mass is 10.0. The molecule has 1 aliphatic heterocycles. The lowest BCUT2D eigenvalue weighted by Crippen LogP contribution is -2.47. The lowest BCUT2D eigenvalue weighted by molar-refractivity contribution is -0.124. The number of benzene rings is 1. The molecule has 1 fully saturated rings. The predicted molar refractivity (Wildman–Crippen MR) is 95.3 cm³/mol. The molecule has 2 atom stereocenters. The summed E-state index contributed by atoms with van der Waals surface area (Å²) >= 11 is 0. The molecule has 1 N–H and O–H groups in total. The van der Waals surface area contributed by atoms with Crippen molar-refractivity contribution in [2.24, 2.45) is 5.92 Å². The van der Waals surface area contributed by atoms with Crippen LogP contribution < -0.4 is 5.32 Å². The summed E-state index contributed by atoms with van der Waals surface area (Å²) in [5.41, 5.74) is 1.39. The molecule has 23 heavy (non-hydrogen) atoms. The molecule has 0 radical (unpaired) electrons. The quantitative estimate of drug-likeness (QED) is 0.785. The number of likely N-dealkylation sites (N-methyl/N-ethyl adjacent to an activating group) is 1. The number of amides is 1. The highest BCUT2D eigenvalue weighted by atomic mass is 16.1. The molecule has 2 rings (SSSR count). The summed E-state index contributed by atoms with van der Waals surface area (Å²) < 4.78 is 0. The van der Waals surface area contributed by atoms with Crippen LogP contribution in [0.2, 0.25) is 0 Å². The third-order valence-electron chi connectivity index (χ3n) is 4.86. The fraction of sp³-hybridized carbons (Fsp3) is 0.632. The van der Waals surface area contributed by atoms with Crippen LogP contribution in [-0.2, 0) is 4.79 Å². The largest absolute Gasteiger partial charge is 0.356 e. The first-order chi connectivity index (χ1) is 11.1. The Bertz CT molecular complexity index is 477. The third kappa shape index (κ3) is 5.33. The van der Waals surface area contributed by atoms with E-state index in [9.17, 15) is 4.79 Å². The van der Waals surface area contributed by atoms with Gasteiger partial charge >= 0.3 is 0 Å². The Hall–Kier alpha value is -1.39. The van der Waals surface area contributed by atoms with E-state index in [1.807, 2.05) is 6.92 Å². The summed E-state index contributed by atoms with van der Waals surface area (Å²) in [7, 11) is 2.19. The van der Waals surface area contributed by atoms with E-state index in [4.69, 9.17) is 0 Å². The van der Waals surface area contributed by atoms with Crippen LogP contribution in [0.25, 0.3) is 0 Å². The second-order valence-electron chi connectivity index (χ2n) is 6.68. The summed E-state index contributed by atoms with van der Waals surface area (Å²) in [6.07, 6.45) is 1.91. The van der Waals surface area contributed by atoms with Gasteiger partial charge < -0.3 is 10.2 Å². The Morgan fingerprint density at radius 3 is 2.74 bits per heavy atom. The van der Waals surface area contributed by atoms with Gasteiger partial charge in [0.1, 0.15) is 0 Å².